The Labute approximate surface area is 109 Å². The molecule has 1 aliphatic rings. The van der Waals surface area contributed by atoms with E-state index in [-0.39, 0.29) is 12.1 Å². The maximum Gasteiger partial charge on any atom is 0.282 e. The molecule has 1 heterocycles. The maximum atomic E-state index is 6.01. The molecule has 1 unspecified atom stereocenters. The SMILES string of the molecule is NC1=NC(COCc2c(Cl)cccc2Cl)CO1. The first-order valence-corrected chi connectivity index (χ1v) is 5.89. The number of halogens is 2. The molecule has 1 aliphatic heterocycles. The average Bonchev–Trinajstić information content (AvgIpc) is 2.69. The number of hydrogen-bond acceptors (Lipinski definition) is 4. The molecule has 0 bridgehead atoms. The van der Waals surface area contributed by atoms with Gasteiger partial charge in [0.25, 0.3) is 6.02 Å². The Hall–Kier alpha value is -0.970. The zero-order chi connectivity index (χ0) is 12.3. The number of amidine groups is 1. The van der Waals surface area contributed by atoms with Gasteiger partial charge in [0.05, 0.1) is 13.2 Å². The van der Waals surface area contributed by atoms with Crippen LogP contribution in [0.2, 0.25) is 10.0 Å². The second-order valence-corrected chi connectivity index (χ2v) is 4.46. The van der Waals surface area contributed by atoms with Crippen molar-refractivity contribution < 1.29 is 9.47 Å². The maximum absolute atomic E-state index is 6.01. The van der Waals surface area contributed by atoms with Crippen LogP contribution in [0, 0.1) is 0 Å². The van der Waals surface area contributed by atoms with E-state index in [0.29, 0.717) is 29.9 Å². The molecule has 0 amide bonds. The Morgan fingerprint density at radius 2 is 2.12 bits per heavy atom. The third-order valence-corrected chi connectivity index (χ3v) is 3.06. The Morgan fingerprint density at radius 3 is 2.71 bits per heavy atom. The Morgan fingerprint density at radius 1 is 1.41 bits per heavy atom. The summed E-state index contributed by atoms with van der Waals surface area (Å²) in [5.41, 5.74) is 6.17. The number of hydrogen-bond donors (Lipinski definition) is 1. The Kier molecular flexibility index (Phi) is 4.10. The number of nitrogens with zero attached hydrogens (tertiary/aromatic N) is 1. The van der Waals surface area contributed by atoms with Crippen molar-refractivity contribution in [3.8, 4) is 0 Å². The van der Waals surface area contributed by atoms with Crippen LogP contribution < -0.4 is 5.73 Å². The van der Waals surface area contributed by atoms with Crippen molar-refractivity contribution in [2.75, 3.05) is 13.2 Å². The summed E-state index contributed by atoms with van der Waals surface area (Å²) in [5.74, 6) is 0. The van der Waals surface area contributed by atoms with Crippen molar-refractivity contribution in [1.29, 1.82) is 0 Å². The van der Waals surface area contributed by atoms with Crippen LogP contribution in [0.4, 0.5) is 0 Å². The van der Waals surface area contributed by atoms with Gasteiger partial charge in [-0.3, -0.25) is 0 Å². The first-order valence-electron chi connectivity index (χ1n) is 5.13. The van der Waals surface area contributed by atoms with E-state index in [4.69, 9.17) is 38.4 Å². The summed E-state index contributed by atoms with van der Waals surface area (Å²) in [5, 5.41) is 1.20. The van der Waals surface area contributed by atoms with Crippen molar-refractivity contribution in [1.82, 2.24) is 0 Å². The van der Waals surface area contributed by atoms with Gasteiger partial charge < -0.3 is 15.2 Å². The number of nitrogens with two attached hydrogens (primary N) is 1. The quantitative estimate of drug-likeness (QED) is 0.916. The molecule has 1 atom stereocenters. The van der Waals surface area contributed by atoms with E-state index >= 15 is 0 Å². The second kappa shape index (κ2) is 5.58. The van der Waals surface area contributed by atoms with E-state index in [1.807, 2.05) is 0 Å². The second-order valence-electron chi connectivity index (χ2n) is 3.65. The smallest absolute Gasteiger partial charge is 0.282 e. The molecule has 17 heavy (non-hydrogen) atoms. The molecule has 0 saturated heterocycles. The minimum absolute atomic E-state index is 0.0451. The molecule has 1 aromatic carbocycles. The lowest BCUT2D eigenvalue weighted by atomic mass is 10.2. The fourth-order valence-corrected chi connectivity index (χ4v) is 2.00. The summed E-state index contributed by atoms with van der Waals surface area (Å²) < 4.78 is 10.5. The van der Waals surface area contributed by atoms with E-state index in [1.54, 1.807) is 18.2 Å². The molecular weight excluding hydrogens is 263 g/mol. The number of ether oxygens (including phenoxy) is 2. The van der Waals surface area contributed by atoms with Gasteiger partial charge in [-0.25, -0.2) is 4.99 Å². The van der Waals surface area contributed by atoms with Crippen LogP contribution >= 0.6 is 23.2 Å². The molecule has 0 aliphatic carbocycles. The Bertz CT molecular complexity index is 417. The molecule has 2 rings (SSSR count). The van der Waals surface area contributed by atoms with Gasteiger partial charge in [-0.2, -0.15) is 0 Å². The molecule has 1 aromatic rings. The molecule has 0 saturated carbocycles. The number of aliphatic imine (C=N–C) groups is 1. The van der Waals surface area contributed by atoms with Crippen molar-refractivity contribution in [3.63, 3.8) is 0 Å². The van der Waals surface area contributed by atoms with Gasteiger partial charge >= 0.3 is 0 Å². The first-order chi connectivity index (χ1) is 8.16. The largest absolute Gasteiger partial charge is 0.463 e. The summed E-state index contributed by atoms with van der Waals surface area (Å²) in [4.78, 5) is 4.05. The highest BCUT2D eigenvalue weighted by molar-refractivity contribution is 6.35. The zero-order valence-electron chi connectivity index (χ0n) is 9.03. The molecule has 0 aromatic heterocycles. The number of benzene rings is 1. The molecule has 6 heteroatoms. The summed E-state index contributed by atoms with van der Waals surface area (Å²) in [6.07, 6.45) is 0. The standard InChI is InChI=1S/C11H12Cl2N2O2/c12-9-2-1-3-10(13)8(9)6-16-4-7-5-17-11(14)15-7/h1-3,7H,4-6H2,(H2,14,15). The lowest BCUT2D eigenvalue weighted by Gasteiger charge is -2.09. The van der Waals surface area contributed by atoms with Crippen LogP contribution in [0.25, 0.3) is 0 Å². The van der Waals surface area contributed by atoms with Crippen LogP contribution in [-0.2, 0) is 16.1 Å². The molecule has 0 fully saturated rings. The minimum atomic E-state index is -0.0451. The molecule has 0 radical (unpaired) electrons. The van der Waals surface area contributed by atoms with Crippen molar-refractivity contribution in [2.45, 2.75) is 12.6 Å². The highest BCUT2D eigenvalue weighted by atomic mass is 35.5. The fourth-order valence-electron chi connectivity index (χ4n) is 1.49. The summed E-state index contributed by atoms with van der Waals surface area (Å²) in [6.45, 7) is 1.24. The topological polar surface area (TPSA) is 56.8 Å². The van der Waals surface area contributed by atoms with Gasteiger partial charge in [0.2, 0.25) is 0 Å². The first kappa shape index (κ1) is 12.5. The van der Waals surface area contributed by atoms with Gasteiger partial charge in [-0.15, -0.1) is 0 Å². The van der Waals surface area contributed by atoms with Crippen molar-refractivity contribution in [3.05, 3.63) is 33.8 Å². The van der Waals surface area contributed by atoms with Crippen LogP contribution in [0.3, 0.4) is 0 Å². The minimum Gasteiger partial charge on any atom is -0.463 e. The van der Waals surface area contributed by atoms with E-state index in [1.165, 1.54) is 0 Å². The summed E-state index contributed by atoms with van der Waals surface area (Å²) in [6, 6.07) is 5.52. The summed E-state index contributed by atoms with van der Waals surface area (Å²) >= 11 is 12.0. The number of rotatable bonds is 4. The molecule has 4 nitrogen and oxygen atoms in total. The van der Waals surface area contributed by atoms with Gasteiger partial charge in [0, 0.05) is 15.6 Å². The Balaban J connectivity index is 1.86. The summed E-state index contributed by atoms with van der Waals surface area (Å²) in [7, 11) is 0. The molecule has 0 spiro atoms. The predicted molar refractivity (Wildman–Crippen MR) is 67.5 cm³/mol. The van der Waals surface area contributed by atoms with E-state index in [2.05, 4.69) is 4.99 Å². The normalized spacial score (nSPS) is 18.9. The molecule has 92 valence electrons. The third kappa shape index (κ3) is 3.25. The van der Waals surface area contributed by atoms with Crippen LogP contribution in [-0.4, -0.2) is 25.3 Å². The predicted octanol–water partition coefficient (Wildman–Crippen LogP) is 2.22. The average molecular weight is 275 g/mol. The van der Waals surface area contributed by atoms with E-state index in [9.17, 15) is 0 Å². The van der Waals surface area contributed by atoms with Gasteiger partial charge in [0.15, 0.2) is 0 Å². The zero-order valence-corrected chi connectivity index (χ0v) is 10.5. The van der Waals surface area contributed by atoms with E-state index in [0.717, 1.165) is 5.56 Å². The highest BCUT2D eigenvalue weighted by Gasteiger charge is 2.17. The van der Waals surface area contributed by atoms with Gasteiger partial charge in [-0.1, -0.05) is 29.3 Å². The van der Waals surface area contributed by atoms with Crippen LogP contribution in [0.5, 0.6) is 0 Å². The van der Waals surface area contributed by atoms with Crippen LogP contribution in [0.15, 0.2) is 23.2 Å². The van der Waals surface area contributed by atoms with E-state index < -0.39 is 0 Å². The van der Waals surface area contributed by atoms with Gasteiger partial charge in [0.1, 0.15) is 12.6 Å². The fraction of sp³-hybridized carbons (Fsp3) is 0.364. The molecular formula is C11H12Cl2N2O2. The van der Waals surface area contributed by atoms with Crippen molar-refractivity contribution in [2.24, 2.45) is 10.7 Å². The lowest BCUT2D eigenvalue weighted by Crippen LogP contribution is -2.15. The van der Waals surface area contributed by atoms with Crippen LogP contribution in [0.1, 0.15) is 5.56 Å². The molecule has 2 N–H and O–H groups in total. The highest BCUT2D eigenvalue weighted by Crippen LogP contribution is 2.24. The van der Waals surface area contributed by atoms with Crippen molar-refractivity contribution >= 4 is 29.2 Å². The third-order valence-electron chi connectivity index (χ3n) is 2.35. The monoisotopic (exact) mass is 274 g/mol. The lowest BCUT2D eigenvalue weighted by molar-refractivity contribution is 0.101. The van der Waals surface area contributed by atoms with Gasteiger partial charge in [-0.05, 0) is 12.1 Å².